The fraction of sp³-hybridized carbons (Fsp3) is 0.818. The Hall–Kier alpha value is -1.34. The maximum atomic E-state index is 12.2. The van der Waals surface area contributed by atoms with Gasteiger partial charge in [-0.05, 0) is 13.8 Å². The molecule has 104 valence electrons. The molecule has 2 amide bonds. The van der Waals surface area contributed by atoms with Crippen molar-refractivity contribution in [3.05, 3.63) is 0 Å². The van der Waals surface area contributed by atoms with Crippen LogP contribution in [0.25, 0.3) is 0 Å². The minimum atomic E-state index is -1.12. The fourth-order valence-corrected chi connectivity index (χ4v) is 2.11. The summed E-state index contributed by atoms with van der Waals surface area (Å²) in [5, 5.41) is 27.4. The minimum Gasteiger partial charge on any atom is -0.480 e. The first-order chi connectivity index (χ1) is 8.38. The van der Waals surface area contributed by atoms with Gasteiger partial charge in [0.15, 0.2) is 0 Å². The third kappa shape index (κ3) is 3.11. The fourth-order valence-electron chi connectivity index (χ4n) is 2.11. The van der Waals surface area contributed by atoms with Gasteiger partial charge in [-0.2, -0.15) is 0 Å². The summed E-state index contributed by atoms with van der Waals surface area (Å²) in [6, 6.07) is -1.59. The van der Waals surface area contributed by atoms with E-state index < -0.39 is 24.1 Å². The molecule has 1 aliphatic rings. The number of aliphatic carboxylic acids is 1. The van der Waals surface area contributed by atoms with Crippen molar-refractivity contribution < 1.29 is 24.9 Å². The summed E-state index contributed by atoms with van der Waals surface area (Å²) in [7, 11) is 0. The number of hydrogen-bond donors (Lipinski definition) is 3. The molecule has 1 aliphatic heterocycles. The van der Waals surface area contributed by atoms with Crippen molar-refractivity contribution in [1.29, 1.82) is 0 Å². The Kier molecular flexibility index (Phi) is 4.92. The van der Waals surface area contributed by atoms with E-state index in [-0.39, 0.29) is 32.2 Å². The number of β-amino-alcohol motifs (C(OH)–C–C–N with tert-alkyl or cyclic N) is 1. The predicted octanol–water partition coefficient (Wildman–Crippen LogP) is -0.671. The maximum absolute atomic E-state index is 12.2. The van der Waals surface area contributed by atoms with Gasteiger partial charge in [-0.25, -0.2) is 9.59 Å². The number of carbonyl (C=O) groups excluding carboxylic acids is 1. The quantitative estimate of drug-likeness (QED) is 0.622. The molecule has 0 unspecified atom stereocenters. The van der Waals surface area contributed by atoms with E-state index in [1.54, 1.807) is 13.8 Å². The van der Waals surface area contributed by atoms with E-state index in [2.05, 4.69) is 0 Å². The van der Waals surface area contributed by atoms with Crippen molar-refractivity contribution in [2.24, 2.45) is 0 Å². The van der Waals surface area contributed by atoms with Crippen LogP contribution in [0, 0.1) is 0 Å². The van der Waals surface area contributed by atoms with E-state index in [0.717, 1.165) is 4.90 Å². The molecule has 18 heavy (non-hydrogen) atoms. The van der Waals surface area contributed by atoms with Crippen LogP contribution in [0.1, 0.15) is 20.3 Å². The number of aliphatic hydroxyl groups is 2. The normalized spacial score (nSPS) is 23.5. The van der Waals surface area contributed by atoms with Gasteiger partial charge < -0.3 is 25.1 Å². The Morgan fingerprint density at radius 2 is 2.06 bits per heavy atom. The Labute approximate surface area is 106 Å². The van der Waals surface area contributed by atoms with Crippen LogP contribution in [-0.4, -0.2) is 75.0 Å². The summed E-state index contributed by atoms with van der Waals surface area (Å²) in [5.74, 6) is -1.12. The number of carbonyl (C=O) groups is 2. The number of carboxylic acids is 1. The topological polar surface area (TPSA) is 101 Å². The molecule has 0 bridgehead atoms. The third-order valence-electron chi connectivity index (χ3n) is 3.02. The molecule has 1 heterocycles. The SMILES string of the molecule is CC(C)N(CCO)C(=O)N1C[C@H](O)C[C@@H]1C(=O)O. The summed E-state index contributed by atoms with van der Waals surface area (Å²) in [6.45, 7) is 3.56. The van der Waals surface area contributed by atoms with Crippen LogP contribution < -0.4 is 0 Å². The van der Waals surface area contributed by atoms with Gasteiger partial charge in [0.1, 0.15) is 6.04 Å². The molecule has 0 radical (unpaired) electrons. The zero-order valence-electron chi connectivity index (χ0n) is 10.6. The highest BCUT2D eigenvalue weighted by atomic mass is 16.4. The van der Waals surface area contributed by atoms with Gasteiger partial charge in [-0.15, -0.1) is 0 Å². The largest absolute Gasteiger partial charge is 0.480 e. The van der Waals surface area contributed by atoms with Crippen molar-refractivity contribution in [2.75, 3.05) is 19.7 Å². The van der Waals surface area contributed by atoms with Crippen LogP contribution >= 0.6 is 0 Å². The number of amides is 2. The number of carboxylic acid groups (broad SMARTS) is 1. The van der Waals surface area contributed by atoms with Crippen molar-refractivity contribution in [2.45, 2.75) is 38.5 Å². The van der Waals surface area contributed by atoms with Crippen LogP contribution in [0.4, 0.5) is 4.79 Å². The molecule has 2 atom stereocenters. The van der Waals surface area contributed by atoms with Gasteiger partial charge in [0.25, 0.3) is 0 Å². The molecule has 0 aromatic rings. The number of nitrogens with zero attached hydrogens (tertiary/aromatic N) is 2. The lowest BCUT2D eigenvalue weighted by molar-refractivity contribution is -0.141. The summed E-state index contributed by atoms with van der Waals surface area (Å²) >= 11 is 0. The summed E-state index contributed by atoms with van der Waals surface area (Å²) in [4.78, 5) is 25.8. The van der Waals surface area contributed by atoms with E-state index >= 15 is 0 Å². The van der Waals surface area contributed by atoms with Crippen LogP contribution in [-0.2, 0) is 4.79 Å². The Morgan fingerprint density at radius 1 is 1.44 bits per heavy atom. The molecule has 3 N–H and O–H groups in total. The zero-order chi connectivity index (χ0) is 13.9. The molecule has 1 saturated heterocycles. The standard InChI is InChI=1S/C11H20N2O5/c1-7(2)12(3-4-14)11(18)13-6-8(15)5-9(13)10(16)17/h7-9,14-15H,3-6H2,1-2H3,(H,16,17)/t8-,9-/m1/s1. The molecular formula is C11H20N2O5. The van der Waals surface area contributed by atoms with E-state index in [9.17, 15) is 14.7 Å². The van der Waals surface area contributed by atoms with Gasteiger partial charge in [-0.1, -0.05) is 0 Å². The van der Waals surface area contributed by atoms with Gasteiger partial charge in [-0.3, -0.25) is 0 Å². The second-order valence-corrected chi connectivity index (χ2v) is 4.69. The summed E-state index contributed by atoms with van der Waals surface area (Å²) in [6.07, 6.45) is -0.759. The van der Waals surface area contributed by atoms with Gasteiger partial charge in [0, 0.05) is 25.6 Å². The number of urea groups is 1. The van der Waals surface area contributed by atoms with E-state index in [1.165, 1.54) is 4.90 Å². The first-order valence-corrected chi connectivity index (χ1v) is 5.97. The Bertz CT molecular complexity index is 321. The number of likely N-dealkylation sites (tertiary alicyclic amines) is 1. The van der Waals surface area contributed by atoms with Crippen molar-refractivity contribution in [1.82, 2.24) is 9.80 Å². The highest BCUT2D eigenvalue weighted by molar-refractivity contribution is 5.83. The molecule has 1 rings (SSSR count). The van der Waals surface area contributed by atoms with Crippen molar-refractivity contribution >= 4 is 12.0 Å². The minimum absolute atomic E-state index is 0.0183. The second kappa shape index (κ2) is 6.01. The lowest BCUT2D eigenvalue weighted by Gasteiger charge is -2.32. The summed E-state index contributed by atoms with van der Waals surface area (Å²) in [5.41, 5.74) is 0. The average molecular weight is 260 g/mol. The van der Waals surface area contributed by atoms with Crippen LogP contribution in [0.5, 0.6) is 0 Å². The van der Waals surface area contributed by atoms with Gasteiger partial charge in [0.2, 0.25) is 0 Å². The van der Waals surface area contributed by atoms with E-state index in [0.29, 0.717) is 0 Å². The summed E-state index contributed by atoms with van der Waals surface area (Å²) < 4.78 is 0. The van der Waals surface area contributed by atoms with Crippen LogP contribution in [0.15, 0.2) is 0 Å². The first-order valence-electron chi connectivity index (χ1n) is 5.97. The zero-order valence-corrected chi connectivity index (χ0v) is 10.6. The molecule has 7 nitrogen and oxygen atoms in total. The highest BCUT2D eigenvalue weighted by Gasteiger charge is 2.40. The Morgan fingerprint density at radius 3 is 2.50 bits per heavy atom. The number of aliphatic hydroxyl groups excluding tert-OH is 2. The molecule has 0 aromatic carbocycles. The van der Waals surface area contributed by atoms with E-state index in [1.807, 2.05) is 0 Å². The third-order valence-corrected chi connectivity index (χ3v) is 3.02. The lowest BCUT2D eigenvalue weighted by Crippen LogP contribution is -2.51. The van der Waals surface area contributed by atoms with Crippen LogP contribution in [0.2, 0.25) is 0 Å². The van der Waals surface area contributed by atoms with E-state index in [4.69, 9.17) is 10.2 Å². The van der Waals surface area contributed by atoms with Crippen molar-refractivity contribution in [3.8, 4) is 0 Å². The molecular weight excluding hydrogens is 240 g/mol. The van der Waals surface area contributed by atoms with Gasteiger partial charge in [0.05, 0.1) is 12.7 Å². The number of rotatable bonds is 4. The molecule has 0 aliphatic carbocycles. The molecule has 0 saturated carbocycles. The molecule has 7 heteroatoms. The second-order valence-electron chi connectivity index (χ2n) is 4.69. The number of hydrogen-bond acceptors (Lipinski definition) is 4. The first kappa shape index (κ1) is 14.7. The smallest absolute Gasteiger partial charge is 0.326 e. The maximum Gasteiger partial charge on any atom is 0.326 e. The highest BCUT2D eigenvalue weighted by Crippen LogP contribution is 2.20. The Balaban J connectivity index is 2.83. The lowest BCUT2D eigenvalue weighted by atomic mass is 10.2. The molecule has 0 spiro atoms. The molecule has 0 aromatic heterocycles. The molecule has 1 fully saturated rings. The van der Waals surface area contributed by atoms with Gasteiger partial charge >= 0.3 is 12.0 Å². The van der Waals surface area contributed by atoms with Crippen molar-refractivity contribution in [3.63, 3.8) is 0 Å². The monoisotopic (exact) mass is 260 g/mol. The predicted molar refractivity (Wildman–Crippen MR) is 63.1 cm³/mol. The average Bonchev–Trinajstić information content (AvgIpc) is 2.67. The van der Waals surface area contributed by atoms with Crippen LogP contribution in [0.3, 0.4) is 0 Å².